The summed E-state index contributed by atoms with van der Waals surface area (Å²) in [5.74, 6) is -0.467. The van der Waals surface area contributed by atoms with E-state index < -0.39 is 10.7 Å². The highest BCUT2D eigenvalue weighted by molar-refractivity contribution is 9.09. The van der Waals surface area contributed by atoms with Crippen molar-refractivity contribution in [3.63, 3.8) is 0 Å². The maximum Gasteiger partial charge on any atom is 0.237 e. The first-order valence-electron chi connectivity index (χ1n) is 2.91. The molecule has 0 radical (unpaired) electrons. The molecule has 0 fully saturated rings. The molecule has 1 aromatic heterocycles. The number of primary amides is 1. The fourth-order valence-electron chi connectivity index (χ4n) is 0.587. The summed E-state index contributed by atoms with van der Waals surface area (Å²) in [4.78, 5) is 17.7. The molecular formula is C6H6BrN3O. The lowest BCUT2D eigenvalue weighted by atomic mass is 10.3. The third-order valence-corrected chi connectivity index (χ3v) is 2.01. The average molecular weight is 216 g/mol. The van der Waals surface area contributed by atoms with E-state index in [2.05, 4.69) is 25.9 Å². The third kappa shape index (κ3) is 1.98. The van der Waals surface area contributed by atoms with Crippen LogP contribution in [-0.4, -0.2) is 15.9 Å². The number of carbonyl (C=O) groups is 1. The van der Waals surface area contributed by atoms with Gasteiger partial charge in [0.1, 0.15) is 4.83 Å². The molecule has 0 aliphatic heterocycles. The van der Waals surface area contributed by atoms with Crippen LogP contribution in [0.1, 0.15) is 10.5 Å². The second-order valence-electron chi connectivity index (χ2n) is 1.90. The zero-order valence-electron chi connectivity index (χ0n) is 5.57. The average Bonchev–Trinajstić information content (AvgIpc) is 2.05. The normalized spacial score (nSPS) is 12.5. The number of halogens is 1. The van der Waals surface area contributed by atoms with Gasteiger partial charge in [0.05, 0.1) is 11.9 Å². The molecule has 0 aliphatic rings. The Labute approximate surface area is 72.0 Å². The SMILES string of the molecule is NC(=O)C(Br)c1cnccn1. The van der Waals surface area contributed by atoms with Crippen LogP contribution in [0.4, 0.5) is 0 Å². The molecule has 0 saturated heterocycles. The molecule has 1 aromatic rings. The predicted octanol–water partition coefficient (Wildman–Crippen LogP) is 0.398. The molecule has 5 heteroatoms. The van der Waals surface area contributed by atoms with Gasteiger partial charge in [-0.05, 0) is 0 Å². The smallest absolute Gasteiger partial charge is 0.237 e. The van der Waals surface area contributed by atoms with Crippen molar-refractivity contribution < 1.29 is 4.79 Å². The first kappa shape index (κ1) is 8.13. The van der Waals surface area contributed by atoms with E-state index >= 15 is 0 Å². The minimum absolute atomic E-state index is 0.467. The van der Waals surface area contributed by atoms with Crippen molar-refractivity contribution in [3.05, 3.63) is 24.3 Å². The summed E-state index contributed by atoms with van der Waals surface area (Å²) in [7, 11) is 0. The van der Waals surface area contributed by atoms with E-state index in [1.165, 1.54) is 18.6 Å². The molecule has 0 aromatic carbocycles. The van der Waals surface area contributed by atoms with Crippen LogP contribution in [0, 0.1) is 0 Å². The number of alkyl halides is 1. The number of hydrogen-bond acceptors (Lipinski definition) is 3. The second-order valence-corrected chi connectivity index (χ2v) is 2.81. The molecule has 4 nitrogen and oxygen atoms in total. The number of nitrogens with zero attached hydrogens (tertiary/aromatic N) is 2. The lowest BCUT2D eigenvalue weighted by Gasteiger charge is -2.01. The van der Waals surface area contributed by atoms with Crippen molar-refractivity contribution in [2.45, 2.75) is 4.83 Å². The van der Waals surface area contributed by atoms with Gasteiger partial charge in [0.2, 0.25) is 5.91 Å². The molecular weight excluding hydrogens is 210 g/mol. The van der Waals surface area contributed by atoms with Crippen LogP contribution in [0.2, 0.25) is 0 Å². The van der Waals surface area contributed by atoms with E-state index in [9.17, 15) is 4.79 Å². The molecule has 1 heterocycles. The molecule has 1 rings (SSSR count). The Morgan fingerprint density at radius 1 is 1.64 bits per heavy atom. The van der Waals surface area contributed by atoms with Gasteiger partial charge in [0, 0.05) is 12.4 Å². The van der Waals surface area contributed by atoms with Crippen LogP contribution >= 0.6 is 15.9 Å². The predicted molar refractivity (Wildman–Crippen MR) is 42.9 cm³/mol. The Bertz CT molecular complexity index is 251. The zero-order chi connectivity index (χ0) is 8.27. The van der Waals surface area contributed by atoms with E-state index in [1.807, 2.05) is 0 Å². The lowest BCUT2D eigenvalue weighted by molar-refractivity contribution is -0.117. The zero-order valence-corrected chi connectivity index (χ0v) is 7.15. The fraction of sp³-hybridized carbons (Fsp3) is 0.167. The van der Waals surface area contributed by atoms with E-state index in [-0.39, 0.29) is 0 Å². The van der Waals surface area contributed by atoms with Crippen molar-refractivity contribution in [1.82, 2.24) is 9.97 Å². The Morgan fingerprint density at radius 2 is 2.36 bits per heavy atom. The quantitative estimate of drug-likeness (QED) is 0.727. The number of aromatic nitrogens is 2. The number of hydrogen-bond donors (Lipinski definition) is 1. The van der Waals surface area contributed by atoms with E-state index in [1.54, 1.807) is 0 Å². The maximum atomic E-state index is 10.6. The van der Waals surface area contributed by atoms with Crippen molar-refractivity contribution >= 4 is 21.8 Å². The molecule has 1 amide bonds. The first-order valence-corrected chi connectivity index (χ1v) is 3.82. The highest BCUT2D eigenvalue weighted by Gasteiger charge is 2.14. The second kappa shape index (κ2) is 3.43. The van der Waals surface area contributed by atoms with E-state index in [0.29, 0.717) is 5.69 Å². The molecule has 1 unspecified atom stereocenters. The topological polar surface area (TPSA) is 68.9 Å². The summed E-state index contributed by atoms with van der Waals surface area (Å²) in [6.45, 7) is 0. The number of rotatable bonds is 2. The summed E-state index contributed by atoms with van der Waals surface area (Å²) in [6.07, 6.45) is 4.53. The Kier molecular flexibility index (Phi) is 2.53. The minimum Gasteiger partial charge on any atom is -0.368 e. The largest absolute Gasteiger partial charge is 0.368 e. The summed E-state index contributed by atoms with van der Waals surface area (Å²) >= 11 is 3.07. The first-order chi connectivity index (χ1) is 5.22. The van der Waals surface area contributed by atoms with Gasteiger partial charge in [-0.3, -0.25) is 14.8 Å². The van der Waals surface area contributed by atoms with Crippen LogP contribution in [0.5, 0.6) is 0 Å². The van der Waals surface area contributed by atoms with Crippen LogP contribution in [0.25, 0.3) is 0 Å². The molecule has 0 bridgehead atoms. The number of carbonyl (C=O) groups excluding carboxylic acids is 1. The molecule has 0 spiro atoms. The number of amides is 1. The van der Waals surface area contributed by atoms with Gasteiger partial charge in [0.25, 0.3) is 0 Å². The summed E-state index contributed by atoms with van der Waals surface area (Å²) in [5.41, 5.74) is 5.54. The Balaban J connectivity index is 2.85. The minimum atomic E-state index is -0.545. The van der Waals surface area contributed by atoms with Gasteiger partial charge in [-0.25, -0.2) is 0 Å². The lowest BCUT2D eigenvalue weighted by Crippen LogP contribution is -2.17. The molecule has 0 saturated carbocycles. The van der Waals surface area contributed by atoms with Crippen LogP contribution in [-0.2, 0) is 4.79 Å². The standard InChI is InChI=1S/C6H6BrN3O/c7-5(6(8)11)4-3-9-1-2-10-4/h1-3,5H,(H2,8,11). The number of nitrogens with two attached hydrogens (primary N) is 1. The van der Waals surface area contributed by atoms with E-state index in [4.69, 9.17) is 5.73 Å². The summed E-state index contributed by atoms with van der Waals surface area (Å²) in [6, 6.07) is 0. The fourth-order valence-corrected chi connectivity index (χ4v) is 0.824. The van der Waals surface area contributed by atoms with Crippen molar-refractivity contribution in [1.29, 1.82) is 0 Å². The van der Waals surface area contributed by atoms with Gasteiger partial charge >= 0.3 is 0 Å². The third-order valence-electron chi connectivity index (χ3n) is 1.09. The molecule has 58 valence electrons. The Morgan fingerprint density at radius 3 is 2.82 bits per heavy atom. The van der Waals surface area contributed by atoms with Crippen LogP contribution < -0.4 is 5.73 Å². The van der Waals surface area contributed by atoms with Crippen LogP contribution in [0.15, 0.2) is 18.6 Å². The van der Waals surface area contributed by atoms with Gasteiger partial charge in [-0.1, -0.05) is 15.9 Å². The molecule has 11 heavy (non-hydrogen) atoms. The van der Waals surface area contributed by atoms with Gasteiger partial charge < -0.3 is 5.73 Å². The Hall–Kier alpha value is -0.970. The van der Waals surface area contributed by atoms with Crippen LogP contribution in [0.3, 0.4) is 0 Å². The monoisotopic (exact) mass is 215 g/mol. The van der Waals surface area contributed by atoms with E-state index in [0.717, 1.165) is 0 Å². The van der Waals surface area contributed by atoms with Gasteiger partial charge in [-0.2, -0.15) is 0 Å². The van der Waals surface area contributed by atoms with Crippen molar-refractivity contribution in [3.8, 4) is 0 Å². The van der Waals surface area contributed by atoms with Gasteiger partial charge in [0.15, 0.2) is 0 Å². The van der Waals surface area contributed by atoms with Crippen molar-refractivity contribution in [2.24, 2.45) is 5.73 Å². The molecule has 1 atom stereocenters. The molecule has 2 N–H and O–H groups in total. The van der Waals surface area contributed by atoms with Gasteiger partial charge in [-0.15, -0.1) is 0 Å². The highest BCUT2D eigenvalue weighted by Crippen LogP contribution is 2.17. The summed E-state index contributed by atoms with van der Waals surface area (Å²) in [5, 5.41) is 0. The maximum absolute atomic E-state index is 10.6. The van der Waals surface area contributed by atoms with Crippen molar-refractivity contribution in [2.75, 3.05) is 0 Å². The summed E-state index contributed by atoms with van der Waals surface area (Å²) < 4.78 is 0. The highest BCUT2D eigenvalue weighted by atomic mass is 79.9. The molecule has 0 aliphatic carbocycles.